The Hall–Kier alpha value is -1.39. The van der Waals surface area contributed by atoms with E-state index in [4.69, 9.17) is 9.94 Å². The van der Waals surface area contributed by atoms with Gasteiger partial charge in [-0.1, -0.05) is 6.07 Å². The predicted octanol–water partition coefficient (Wildman–Crippen LogP) is 1.56. The summed E-state index contributed by atoms with van der Waals surface area (Å²) in [6, 6.07) is 5.59. The lowest BCUT2D eigenvalue weighted by atomic mass is 9.83. The number of ether oxygens (including phenoxy) is 1. The highest BCUT2D eigenvalue weighted by molar-refractivity contribution is 5.93. The Bertz CT molecular complexity index is 417. The summed E-state index contributed by atoms with van der Waals surface area (Å²) in [5.41, 5.74) is 4.66. The van der Waals surface area contributed by atoms with Crippen LogP contribution in [0.3, 0.4) is 0 Å². The van der Waals surface area contributed by atoms with Crippen LogP contribution >= 0.6 is 0 Å². The second-order valence-corrected chi connectivity index (χ2v) is 4.49. The van der Waals surface area contributed by atoms with E-state index < -0.39 is 5.91 Å². The van der Waals surface area contributed by atoms with Crippen molar-refractivity contribution in [3.05, 3.63) is 34.9 Å². The molecule has 4 heteroatoms. The number of amides is 1. The summed E-state index contributed by atoms with van der Waals surface area (Å²) in [6.07, 6.45) is 3.10. The van der Waals surface area contributed by atoms with Crippen molar-refractivity contribution in [1.82, 2.24) is 5.48 Å². The number of benzene rings is 1. The molecule has 92 valence electrons. The van der Waals surface area contributed by atoms with Crippen LogP contribution in [0.25, 0.3) is 0 Å². The molecule has 17 heavy (non-hydrogen) atoms. The molecule has 1 aromatic rings. The molecular weight excluding hydrogens is 218 g/mol. The van der Waals surface area contributed by atoms with E-state index in [1.165, 1.54) is 11.1 Å². The number of hydrogen-bond acceptors (Lipinski definition) is 3. The van der Waals surface area contributed by atoms with Gasteiger partial charge in [0.15, 0.2) is 0 Å². The third-order valence-electron chi connectivity index (χ3n) is 3.30. The normalized spacial score (nSPS) is 18.6. The topological polar surface area (TPSA) is 58.6 Å². The molecule has 1 aromatic carbocycles. The number of carbonyl (C=O) groups is 1. The highest BCUT2D eigenvalue weighted by Gasteiger charge is 2.19. The van der Waals surface area contributed by atoms with E-state index in [1.54, 1.807) is 18.7 Å². The van der Waals surface area contributed by atoms with Gasteiger partial charge in [0.25, 0.3) is 5.91 Å². The second-order valence-electron chi connectivity index (χ2n) is 4.49. The number of rotatable bonds is 3. The first-order chi connectivity index (χ1) is 8.24. The lowest BCUT2D eigenvalue weighted by molar-refractivity contribution is 0.0706. The highest BCUT2D eigenvalue weighted by atomic mass is 16.5. The molecule has 0 bridgehead atoms. The molecule has 1 aliphatic rings. The Morgan fingerprint density at radius 2 is 2.35 bits per heavy atom. The summed E-state index contributed by atoms with van der Waals surface area (Å²) in [5.74, 6) is 0.0709. The summed E-state index contributed by atoms with van der Waals surface area (Å²) < 4.78 is 5.18. The maximum absolute atomic E-state index is 11.3. The van der Waals surface area contributed by atoms with E-state index in [-0.39, 0.29) is 0 Å². The van der Waals surface area contributed by atoms with Crippen LogP contribution in [0.5, 0.6) is 0 Å². The van der Waals surface area contributed by atoms with Crippen LogP contribution in [-0.4, -0.2) is 24.8 Å². The van der Waals surface area contributed by atoms with E-state index in [9.17, 15) is 4.79 Å². The van der Waals surface area contributed by atoms with Crippen molar-refractivity contribution in [3.63, 3.8) is 0 Å². The molecule has 1 amide bonds. The lowest BCUT2D eigenvalue weighted by Crippen LogP contribution is -2.21. The Labute approximate surface area is 101 Å². The van der Waals surface area contributed by atoms with Crippen LogP contribution in [0.15, 0.2) is 18.2 Å². The first-order valence-electron chi connectivity index (χ1n) is 5.79. The van der Waals surface area contributed by atoms with Crippen LogP contribution < -0.4 is 5.48 Å². The molecule has 2 N–H and O–H groups in total. The van der Waals surface area contributed by atoms with Gasteiger partial charge in [-0.05, 0) is 48.4 Å². The molecule has 0 saturated carbocycles. The highest BCUT2D eigenvalue weighted by Crippen LogP contribution is 2.26. The minimum Gasteiger partial charge on any atom is -0.384 e. The average Bonchev–Trinajstić information content (AvgIpc) is 2.37. The molecule has 1 aliphatic carbocycles. The first-order valence-corrected chi connectivity index (χ1v) is 5.79. The molecule has 0 aliphatic heterocycles. The molecule has 1 atom stereocenters. The van der Waals surface area contributed by atoms with Crippen molar-refractivity contribution in [1.29, 1.82) is 0 Å². The van der Waals surface area contributed by atoms with Gasteiger partial charge in [-0.3, -0.25) is 10.0 Å². The SMILES string of the molecule is COCC1CCc2ccc(C(=O)NO)cc2C1. The third kappa shape index (κ3) is 2.65. The number of aryl methyl sites for hydroxylation is 1. The third-order valence-corrected chi connectivity index (χ3v) is 3.30. The van der Waals surface area contributed by atoms with E-state index in [0.717, 1.165) is 25.9 Å². The summed E-state index contributed by atoms with van der Waals surface area (Å²) in [4.78, 5) is 11.3. The zero-order chi connectivity index (χ0) is 12.3. The molecular formula is C13H17NO3. The van der Waals surface area contributed by atoms with Gasteiger partial charge in [-0.15, -0.1) is 0 Å². The lowest BCUT2D eigenvalue weighted by Gasteiger charge is -2.24. The van der Waals surface area contributed by atoms with Gasteiger partial charge in [0, 0.05) is 19.3 Å². The van der Waals surface area contributed by atoms with E-state index >= 15 is 0 Å². The Morgan fingerprint density at radius 3 is 3.06 bits per heavy atom. The molecule has 4 nitrogen and oxygen atoms in total. The molecule has 2 rings (SSSR count). The number of fused-ring (bicyclic) bond motifs is 1. The Kier molecular flexibility index (Phi) is 3.76. The maximum Gasteiger partial charge on any atom is 0.274 e. The largest absolute Gasteiger partial charge is 0.384 e. The molecule has 0 aromatic heterocycles. The van der Waals surface area contributed by atoms with Crippen molar-refractivity contribution in [2.45, 2.75) is 19.3 Å². The number of hydroxylamine groups is 1. The molecule has 0 fully saturated rings. The van der Waals surface area contributed by atoms with Gasteiger partial charge in [0.05, 0.1) is 0 Å². The Morgan fingerprint density at radius 1 is 1.53 bits per heavy atom. The van der Waals surface area contributed by atoms with Gasteiger partial charge in [-0.25, -0.2) is 5.48 Å². The molecule has 1 unspecified atom stereocenters. The van der Waals surface area contributed by atoms with E-state index in [2.05, 4.69) is 0 Å². The van der Waals surface area contributed by atoms with Crippen LogP contribution in [0.4, 0.5) is 0 Å². The van der Waals surface area contributed by atoms with Crippen LogP contribution in [0.1, 0.15) is 27.9 Å². The molecule has 0 saturated heterocycles. The minimum atomic E-state index is -0.457. The number of hydrogen-bond donors (Lipinski definition) is 2. The maximum atomic E-state index is 11.3. The van der Waals surface area contributed by atoms with Crippen LogP contribution in [0, 0.1) is 5.92 Å². The van der Waals surface area contributed by atoms with E-state index in [0.29, 0.717) is 11.5 Å². The van der Waals surface area contributed by atoms with E-state index in [1.807, 2.05) is 12.1 Å². The fraction of sp³-hybridized carbons (Fsp3) is 0.462. The monoisotopic (exact) mass is 235 g/mol. The average molecular weight is 235 g/mol. The van der Waals surface area contributed by atoms with Gasteiger partial charge in [-0.2, -0.15) is 0 Å². The van der Waals surface area contributed by atoms with Crippen molar-refractivity contribution in [2.75, 3.05) is 13.7 Å². The van der Waals surface area contributed by atoms with Crippen molar-refractivity contribution < 1.29 is 14.7 Å². The summed E-state index contributed by atoms with van der Waals surface area (Å²) in [5, 5.41) is 8.61. The second kappa shape index (κ2) is 5.29. The molecule has 0 radical (unpaired) electrons. The predicted molar refractivity (Wildman–Crippen MR) is 63.1 cm³/mol. The van der Waals surface area contributed by atoms with Crippen LogP contribution in [-0.2, 0) is 17.6 Å². The number of carbonyl (C=O) groups excluding carboxylic acids is 1. The summed E-state index contributed by atoms with van der Waals surface area (Å²) in [6.45, 7) is 0.760. The number of nitrogens with one attached hydrogen (secondary N) is 1. The van der Waals surface area contributed by atoms with Crippen LogP contribution in [0.2, 0.25) is 0 Å². The number of methoxy groups -OCH3 is 1. The standard InChI is InChI=1S/C13H17NO3/c1-17-8-9-2-3-10-4-5-11(13(15)14-16)7-12(10)6-9/h4-5,7,9,16H,2-3,6,8H2,1H3,(H,14,15). The van der Waals surface area contributed by atoms with Crippen molar-refractivity contribution in [2.24, 2.45) is 5.92 Å². The zero-order valence-electron chi connectivity index (χ0n) is 9.90. The fourth-order valence-corrected chi connectivity index (χ4v) is 2.42. The Balaban J connectivity index is 2.20. The quantitative estimate of drug-likeness (QED) is 0.617. The molecule has 0 heterocycles. The zero-order valence-corrected chi connectivity index (χ0v) is 9.90. The smallest absolute Gasteiger partial charge is 0.274 e. The fourth-order valence-electron chi connectivity index (χ4n) is 2.42. The van der Waals surface area contributed by atoms with Crippen molar-refractivity contribution in [3.8, 4) is 0 Å². The molecule has 0 spiro atoms. The first kappa shape index (κ1) is 12.1. The summed E-state index contributed by atoms with van der Waals surface area (Å²) in [7, 11) is 1.71. The van der Waals surface area contributed by atoms with Gasteiger partial charge >= 0.3 is 0 Å². The van der Waals surface area contributed by atoms with Gasteiger partial charge in [0.2, 0.25) is 0 Å². The van der Waals surface area contributed by atoms with Gasteiger partial charge in [0.1, 0.15) is 0 Å². The summed E-state index contributed by atoms with van der Waals surface area (Å²) >= 11 is 0. The van der Waals surface area contributed by atoms with Crippen molar-refractivity contribution >= 4 is 5.91 Å². The minimum absolute atomic E-state index is 0.457. The van der Waals surface area contributed by atoms with Gasteiger partial charge < -0.3 is 4.74 Å².